The first kappa shape index (κ1) is 13.0. The highest BCUT2D eigenvalue weighted by Crippen LogP contribution is 2.19. The van der Waals surface area contributed by atoms with Gasteiger partial charge in [-0.05, 0) is 19.1 Å². The lowest BCUT2D eigenvalue weighted by molar-refractivity contribution is 0.101. The highest BCUT2D eigenvalue weighted by atomic mass is 16.3. The topological polar surface area (TPSA) is 56.7 Å². The molecular formula is C13H19N3O2. The number of ketones is 1. The molecule has 0 unspecified atom stereocenters. The van der Waals surface area contributed by atoms with E-state index in [4.69, 9.17) is 5.11 Å². The van der Waals surface area contributed by atoms with Gasteiger partial charge in [0.1, 0.15) is 5.82 Å². The number of aliphatic hydroxyl groups excluding tert-OH is 1. The van der Waals surface area contributed by atoms with E-state index in [1.54, 1.807) is 19.2 Å². The summed E-state index contributed by atoms with van der Waals surface area (Å²) >= 11 is 0. The van der Waals surface area contributed by atoms with E-state index >= 15 is 0 Å². The molecule has 2 heterocycles. The molecule has 0 aromatic carbocycles. The zero-order valence-electron chi connectivity index (χ0n) is 10.7. The van der Waals surface area contributed by atoms with Crippen LogP contribution in [0.4, 0.5) is 5.82 Å². The summed E-state index contributed by atoms with van der Waals surface area (Å²) in [7, 11) is 0. The van der Waals surface area contributed by atoms with Gasteiger partial charge in [0.2, 0.25) is 0 Å². The molecule has 1 fully saturated rings. The Hall–Kier alpha value is -1.46. The lowest BCUT2D eigenvalue weighted by Crippen LogP contribution is -2.47. The Morgan fingerprint density at radius 3 is 2.72 bits per heavy atom. The van der Waals surface area contributed by atoms with Crippen molar-refractivity contribution in [2.45, 2.75) is 6.92 Å². The predicted octanol–water partition coefficient (Wildman–Crippen LogP) is 0.399. The summed E-state index contributed by atoms with van der Waals surface area (Å²) in [5.41, 5.74) is 0.688. The molecule has 98 valence electrons. The van der Waals surface area contributed by atoms with Crippen molar-refractivity contribution in [2.24, 2.45) is 0 Å². The fourth-order valence-corrected chi connectivity index (χ4v) is 2.25. The predicted molar refractivity (Wildman–Crippen MR) is 70.0 cm³/mol. The van der Waals surface area contributed by atoms with Gasteiger partial charge in [0, 0.05) is 38.9 Å². The maximum Gasteiger partial charge on any atom is 0.163 e. The molecule has 1 aliphatic rings. The van der Waals surface area contributed by atoms with Gasteiger partial charge in [-0.2, -0.15) is 0 Å². The van der Waals surface area contributed by atoms with E-state index in [1.165, 1.54) is 0 Å². The highest BCUT2D eigenvalue weighted by Gasteiger charge is 2.20. The number of carbonyl (C=O) groups is 1. The number of aliphatic hydroxyl groups is 1. The second-order valence-electron chi connectivity index (χ2n) is 4.48. The minimum atomic E-state index is 0.0517. The number of carbonyl (C=O) groups excluding carboxylic acids is 1. The molecule has 0 radical (unpaired) electrons. The second-order valence-corrected chi connectivity index (χ2v) is 4.48. The number of β-amino-alcohol motifs (C(OH)–C–C–N with tert-alkyl or cyclic N) is 1. The number of piperazine rings is 1. The Morgan fingerprint density at radius 2 is 2.11 bits per heavy atom. The molecule has 1 aliphatic heterocycles. The zero-order valence-corrected chi connectivity index (χ0v) is 10.7. The monoisotopic (exact) mass is 249 g/mol. The second kappa shape index (κ2) is 5.93. The number of anilines is 1. The minimum absolute atomic E-state index is 0.0517. The van der Waals surface area contributed by atoms with Gasteiger partial charge in [0.05, 0.1) is 12.2 Å². The standard InChI is InChI=1S/C13H19N3O2/c1-11(18)12-3-2-4-14-13(12)16-7-5-15(6-8-16)9-10-17/h2-4,17H,5-10H2,1H3. The van der Waals surface area contributed by atoms with E-state index in [0.29, 0.717) is 5.56 Å². The number of pyridine rings is 1. The Kier molecular flexibility index (Phi) is 4.28. The molecule has 2 rings (SSSR count). The van der Waals surface area contributed by atoms with Gasteiger partial charge < -0.3 is 10.0 Å². The maximum atomic E-state index is 11.6. The number of Topliss-reactive ketones (excluding diaryl/α,β-unsaturated/α-hetero) is 1. The normalized spacial score (nSPS) is 16.9. The molecule has 1 N–H and O–H groups in total. The largest absolute Gasteiger partial charge is 0.395 e. The van der Waals surface area contributed by atoms with Crippen LogP contribution in [-0.4, -0.2) is 60.1 Å². The third-order valence-electron chi connectivity index (χ3n) is 3.25. The summed E-state index contributed by atoms with van der Waals surface area (Å²) in [5.74, 6) is 0.838. The third kappa shape index (κ3) is 2.86. The molecule has 1 aromatic rings. The molecule has 0 atom stereocenters. The average Bonchev–Trinajstić information content (AvgIpc) is 2.40. The summed E-state index contributed by atoms with van der Waals surface area (Å²) in [6.45, 7) is 5.97. The van der Waals surface area contributed by atoms with E-state index in [-0.39, 0.29) is 12.4 Å². The fraction of sp³-hybridized carbons (Fsp3) is 0.538. The van der Waals surface area contributed by atoms with Gasteiger partial charge in [-0.15, -0.1) is 0 Å². The Morgan fingerprint density at radius 1 is 1.39 bits per heavy atom. The number of hydrogen-bond acceptors (Lipinski definition) is 5. The van der Waals surface area contributed by atoms with Crippen molar-refractivity contribution in [3.8, 4) is 0 Å². The molecule has 18 heavy (non-hydrogen) atoms. The van der Waals surface area contributed by atoms with Gasteiger partial charge in [-0.3, -0.25) is 9.69 Å². The van der Waals surface area contributed by atoms with Crippen molar-refractivity contribution < 1.29 is 9.90 Å². The van der Waals surface area contributed by atoms with E-state index < -0.39 is 0 Å². The maximum absolute atomic E-state index is 11.6. The molecule has 0 bridgehead atoms. The summed E-state index contributed by atoms with van der Waals surface area (Å²) < 4.78 is 0. The van der Waals surface area contributed by atoms with Crippen LogP contribution in [0.1, 0.15) is 17.3 Å². The lowest BCUT2D eigenvalue weighted by Gasteiger charge is -2.35. The summed E-state index contributed by atoms with van der Waals surface area (Å²) in [6.07, 6.45) is 1.72. The molecule has 0 saturated carbocycles. The van der Waals surface area contributed by atoms with Crippen LogP contribution >= 0.6 is 0 Å². The van der Waals surface area contributed by atoms with Crippen molar-refractivity contribution in [2.75, 3.05) is 44.2 Å². The molecule has 0 amide bonds. The van der Waals surface area contributed by atoms with Gasteiger partial charge in [0.25, 0.3) is 0 Å². The van der Waals surface area contributed by atoms with Crippen molar-refractivity contribution in [1.82, 2.24) is 9.88 Å². The van der Waals surface area contributed by atoms with Crippen molar-refractivity contribution >= 4 is 11.6 Å². The molecule has 0 aliphatic carbocycles. The molecule has 1 aromatic heterocycles. The summed E-state index contributed by atoms with van der Waals surface area (Å²) in [6, 6.07) is 3.62. The van der Waals surface area contributed by atoms with Crippen molar-refractivity contribution in [1.29, 1.82) is 0 Å². The number of aromatic nitrogens is 1. The first-order valence-electron chi connectivity index (χ1n) is 6.26. The van der Waals surface area contributed by atoms with Crippen LogP contribution in [0.2, 0.25) is 0 Å². The van der Waals surface area contributed by atoms with Crippen LogP contribution in [0.3, 0.4) is 0 Å². The van der Waals surface area contributed by atoms with Crippen LogP contribution in [0.5, 0.6) is 0 Å². The fourth-order valence-electron chi connectivity index (χ4n) is 2.25. The van der Waals surface area contributed by atoms with Gasteiger partial charge >= 0.3 is 0 Å². The van der Waals surface area contributed by atoms with Crippen LogP contribution in [0.25, 0.3) is 0 Å². The Balaban J connectivity index is 2.07. The van der Waals surface area contributed by atoms with Crippen molar-refractivity contribution in [3.05, 3.63) is 23.9 Å². The SMILES string of the molecule is CC(=O)c1cccnc1N1CCN(CCO)CC1. The number of nitrogens with zero attached hydrogens (tertiary/aromatic N) is 3. The van der Waals surface area contributed by atoms with E-state index in [0.717, 1.165) is 38.5 Å². The van der Waals surface area contributed by atoms with Crippen LogP contribution in [0.15, 0.2) is 18.3 Å². The van der Waals surface area contributed by atoms with E-state index in [9.17, 15) is 4.79 Å². The third-order valence-corrected chi connectivity index (χ3v) is 3.25. The molecule has 5 nitrogen and oxygen atoms in total. The first-order valence-corrected chi connectivity index (χ1v) is 6.26. The Bertz CT molecular complexity index is 414. The van der Waals surface area contributed by atoms with Crippen molar-refractivity contribution in [3.63, 3.8) is 0 Å². The average molecular weight is 249 g/mol. The van der Waals surface area contributed by atoms with E-state index in [2.05, 4.69) is 14.8 Å². The van der Waals surface area contributed by atoms with Crippen LogP contribution in [0, 0.1) is 0 Å². The molecule has 1 saturated heterocycles. The summed E-state index contributed by atoms with van der Waals surface area (Å²) in [5, 5.41) is 8.91. The van der Waals surface area contributed by atoms with Crippen LogP contribution < -0.4 is 4.90 Å². The van der Waals surface area contributed by atoms with E-state index in [1.807, 2.05) is 6.07 Å². The molecule has 5 heteroatoms. The number of rotatable bonds is 4. The number of hydrogen-bond donors (Lipinski definition) is 1. The highest BCUT2D eigenvalue weighted by molar-refractivity contribution is 5.98. The first-order chi connectivity index (χ1) is 8.72. The van der Waals surface area contributed by atoms with Crippen LogP contribution in [-0.2, 0) is 0 Å². The quantitative estimate of drug-likeness (QED) is 0.783. The lowest BCUT2D eigenvalue weighted by atomic mass is 10.1. The van der Waals surface area contributed by atoms with Gasteiger partial charge in [-0.1, -0.05) is 0 Å². The zero-order chi connectivity index (χ0) is 13.0. The Labute approximate surface area is 107 Å². The summed E-state index contributed by atoms with van der Waals surface area (Å²) in [4.78, 5) is 20.3. The molecule has 0 spiro atoms. The smallest absolute Gasteiger partial charge is 0.163 e. The van der Waals surface area contributed by atoms with Gasteiger partial charge in [-0.25, -0.2) is 4.98 Å². The van der Waals surface area contributed by atoms with Gasteiger partial charge in [0.15, 0.2) is 5.78 Å². The molecular weight excluding hydrogens is 230 g/mol. The minimum Gasteiger partial charge on any atom is -0.395 e.